The summed E-state index contributed by atoms with van der Waals surface area (Å²) in [5, 5.41) is 1.78. The SMILES string of the molecule is O=C(Nc1cc(C(F)(F)F)cc(C(F)(F)F)c1)C(=O)c1ccccc1. The molecule has 0 saturated heterocycles. The number of rotatable bonds is 3. The fourth-order valence-electron chi connectivity index (χ4n) is 1.94. The summed E-state index contributed by atoms with van der Waals surface area (Å²) in [6.07, 6.45) is -10.1. The van der Waals surface area contributed by atoms with Gasteiger partial charge in [-0.3, -0.25) is 9.59 Å². The van der Waals surface area contributed by atoms with Crippen molar-refractivity contribution in [2.75, 3.05) is 5.32 Å². The largest absolute Gasteiger partial charge is 0.416 e. The molecule has 0 heterocycles. The highest BCUT2D eigenvalue weighted by Crippen LogP contribution is 2.37. The summed E-state index contributed by atoms with van der Waals surface area (Å²) in [6.45, 7) is 0. The van der Waals surface area contributed by atoms with Gasteiger partial charge in [-0.2, -0.15) is 26.3 Å². The maximum absolute atomic E-state index is 12.8. The van der Waals surface area contributed by atoms with Crippen LogP contribution < -0.4 is 5.32 Å². The fraction of sp³-hybridized carbons (Fsp3) is 0.125. The number of hydrogen-bond donors (Lipinski definition) is 1. The number of Topliss-reactive ketones (excluding diaryl/α,β-unsaturated/α-hetero) is 1. The van der Waals surface area contributed by atoms with Gasteiger partial charge in [0.25, 0.3) is 11.7 Å². The topological polar surface area (TPSA) is 46.2 Å². The molecular formula is C16H9F6NO2. The minimum absolute atomic E-state index is 0.0528. The molecule has 0 aromatic heterocycles. The monoisotopic (exact) mass is 361 g/mol. The van der Waals surface area contributed by atoms with Gasteiger partial charge in [0.2, 0.25) is 0 Å². The number of anilines is 1. The number of hydrogen-bond acceptors (Lipinski definition) is 2. The van der Waals surface area contributed by atoms with E-state index in [2.05, 4.69) is 0 Å². The van der Waals surface area contributed by atoms with Gasteiger partial charge >= 0.3 is 12.4 Å². The summed E-state index contributed by atoms with van der Waals surface area (Å²) < 4.78 is 76.5. The number of benzene rings is 2. The van der Waals surface area contributed by atoms with E-state index in [1.807, 2.05) is 0 Å². The molecule has 0 spiro atoms. The van der Waals surface area contributed by atoms with Crippen molar-refractivity contribution in [3.63, 3.8) is 0 Å². The van der Waals surface area contributed by atoms with Gasteiger partial charge in [-0.05, 0) is 18.2 Å². The number of ketones is 1. The van der Waals surface area contributed by atoms with Crippen LogP contribution >= 0.6 is 0 Å². The molecule has 2 aromatic carbocycles. The molecule has 2 aromatic rings. The molecule has 0 aliphatic rings. The molecule has 132 valence electrons. The first kappa shape index (κ1) is 18.5. The van der Waals surface area contributed by atoms with Crippen molar-refractivity contribution >= 4 is 17.4 Å². The zero-order valence-electron chi connectivity index (χ0n) is 12.2. The standard InChI is InChI=1S/C16H9F6NO2/c17-15(18,19)10-6-11(16(20,21)22)8-12(7-10)23-14(25)13(24)9-4-2-1-3-5-9/h1-8H,(H,23,25). The van der Waals surface area contributed by atoms with Crippen LogP contribution in [0.4, 0.5) is 32.0 Å². The molecule has 9 heteroatoms. The van der Waals surface area contributed by atoms with E-state index in [1.165, 1.54) is 24.3 Å². The third-order valence-corrected chi connectivity index (χ3v) is 3.09. The molecule has 0 aliphatic heterocycles. The van der Waals surface area contributed by atoms with Gasteiger partial charge in [-0.15, -0.1) is 0 Å². The van der Waals surface area contributed by atoms with Gasteiger partial charge in [-0.25, -0.2) is 0 Å². The van der Waals surface area contributed by atoms with Crippen molar-refractivity contribution in [2.24, 2.45) is 0 Å². The van der Waals surface area contributed by atoms with Crippen LogP contribution in [0.25, 0.3) is 0 Å². The average Bonchev–Trinajstić information content (AvgIpc) is 2.53. The Kier molecular flexibility index (Phi) is 4.87. The van der Waals surface area contributed by atoms with Gasteiger partial charge in [0.05, 0.1) is 11.1 Å². The van der Waals surface area contributed by atoms with Crippen LogP contribution in [-0.2, 0) is 17.1 Å². The highest BCUT2D eigenvalue weighted by molar-refractivity contribution is 6.46. The Labute approximate surface area is 137 Å². The number of nitrogens with one attached hydrogen (secondary N) is 1. The van der Waals surface area contributed by atoms with E-state index in [4.69, 9.17) is 0 Å². The first-order valence-electron chi connectivity index (χ1n) is 6.68. The predicted octanol–water partition coefficient (Wildman–Crippen LogP) is 4.55. The maximum atomic E-state index is 12.8. The van der Waals surface area contributed by atoms with E-state index < -0.39 is 40.9 Å². The number of carbonyl (C=O) groups excluding carboxylic acids is 2. The summed E-state index contributed by atoms with van der Waals surface area (Å²) in [5.74, 6) is -2.44. The van der Waals surface area contributed by atoms with Gasteiger partial charge in [0, 0.05) is 11.3 Å². The van der Waals surface area contributed by atoms with Gasteiger partial charge in [-0.1, -0.05) is 30.3 Å². The van der Waals surface area contributed by atoms with Gasteiger partial charge < -0.3 is 5.32 Å². The van der Waals surface area contributed by atoms with Crippen LogP contribution in [-0.4, -0.2) is 11.7 Å². The molecular weight excluding hydrogens is 352 g/mol. The average molecular weight is 361 g/mol. The molecule has 25 heavy (non-hydrogen) atoms. The second-order valence-corrected chi connectivity index (χ2v) is 4.94. The van der Waals surface area contributed by atoms with Gasteiger partial charge in [0.15, 0.2) is 0 Å². The Balaban J connectivity index is 2.35. The molecule has 0 aliphatic carbocycles. The number of halogens is 6. The van der Waals surface area contributed by atoms with Crippen LogP contribution in [0.1, 0.15) is 21.5 Å². The minimum Gasteiger partial charge on any atom is -0.319 e. The van der Waals surface area contributed by atoms with Crippen LogP contribution in [0, 0.1) is 0 Å². The highest BCUT2D eigenvalue weighted by Gasteiger charge is 2.37. The Hall–Kier alpha value is -2.84. The Morgan fingerprint density at radius 3 is 1.68 bits per heavy atom. The lowest BCUT2D eigenvalue weighted by Crippen LogP contribution is -2.23. The Morgan fingerprint density at radius 2 is 1.24 bits per heavy atom. The summed E-state index contributed by atoms with van der Waals surface area (Å²) in [5.41, 5.74) is -4.02. The van der Waals surface area contributed by atoms with Crippen LogP contribution in [0.3, 0.4) is 0 Å². The molecule has 0 radical (unpaired) electrons. The van der Waals surface area contributed by atoms with Crippen molar-refractivity contribution in [1.82, 2.24) is 0 Å². The molecule has 0 atom stereocenters. The summed E-state index contributed by atoms with van der Waals surface area (Å²) >= 11 is 0. The molecule has 3 nitrogen and oxygen atoms in total. The molecule has 0 unspecified atom stereocenters. The zero-order valence-corrected chi connectivity index (χ0v) is 12.2. The second kappa shape index (κ2) is 6.58. The highest BCUT2D eigenvalue weighted by atomic mass is 19.4. The lowest BCUT2D eigenvalue weighted by Gasteiger charge is -2.14. The van der Waals surface area contributed by atoms with Crippen molar-refractivity contribution < 1.29 is 35.9 Å². The van der Waals surface area contributed by atoms with E-state index in [9.17, 15) is 35.9 Å². The minimum atomic E-state index is -5.05. The number of carbonyl (C=O) groups is 2. The van der Waals surface area contributed by atoms with Gasteiger partial charge in [0.1, 0.15) is 0 Å². The normalized spacial score (nSPS) is 11.9. The quantitative estimate of drug-likeness (QED) is 0.495. The first-order chi connectivity index (χ1) is 11.5. The van der Waals surface area contributed by atoms with E-state index in [0.29, 0.717) is 12.1 Å². The second-order valence-electron chi connectivity index (χ2n) is 4.94. The third kappa shape index (κ3) is 4.59. The Morgan fingerprint density at radius 1 is 0.760 bits per heavy atom. The smallest absolute Gasteiger partial charge is 0.319 e. The molecule has 0 fully saturated rings. The van der Waals surface area contributed by atoms with Crippen molar-refractivity contribution in [2.45, 2.75) is 12.4 Å². The first-order valence-corrected chi connectivity index (χ1v) is 6.68. The summed E-state index contributed by atoms with van der Waals surface area (Å²) in [6, 6.07) is 7.62. The van der Waals surface area contributed by atoms with Crippen LogP contribution in [0.5, 0.6) is 0 Å². The van der Waals surface area contributed by atoms with E-state index >= 15 is 0 Å². The maximum Gasteiger partial charge on any atom is 0.416 e. The summed E-state index contributed by atoms with van der Waals surface area (Å²) in [7, 11) is 0. The number of amides is 1. The third-order valence-electron chi connectivity index (χ3n) is 3.09. The fourth-order valence-corrected chi connectivity index (χ4v) is 1.94. The van der Waals surface area contributed by atoms with Crippen LogP contribution in [0.2, 0.25) is 0 Å². The molecule has 0 bridgehead atoms. The summed E-state index contributed by atoms with van der Waals surface area (Å²) in [4.78, 5) is 23.7. The van der Waals surface area contributed by atoms with E-state index in [-0.39, 0.29) is 11.6 Å². The van der Waals surface area contributed by atoms with E-state index in [1.54, 1.807) is 11.4 Å². The molecule has 0 saturated carbocycles. The van der Waals surface area contributed by atoms with Crippen LogP contribution in [0.15, 0.2) is 48.5 Å². The van der Waals surface area contributed by atoms with Crippen molar-refractivity contribution in [3.05, 3.63) is 65.2 Å². The lowest BCUT2D eigenvalue weighted by molar-refractivity contribution is -0.143. The number of alkyl halides is 6. The van der Waals surface area contributed by atoms with Crippen molar-refractivity contribution in [3.8, 4) is 0 Å². The van der Waals surface area contributed by atoms with E-state index in [0.717, 1.165) is 0 Å². The van der Waals surface area contributed by atoms with Crippen molar-refractivity contribution in [1.29, 1.82) is 0 Å². The predicted molar refractivity (Wildman–Crippen MR) is 75.8 cm³/mol. The molecule has 1 N–H and O–H groups in total. The Bertz CT molecular complexity index is 764. The molecule has 2 rings (SSSR count). The lowest BCUT2D eigenvalue weighted by atomic mass is 10.1. The zero-order chi connectivity index (χ0) is 18.8. The molecule has 1 amide bonds.